The van der Waals surface area contributed by atoms with Crippen LogP contribution in [0.15, 0.2) is 18.3 Å². The number of nitrogens with two attached hydrogens (primary N) is 1. The minimum Gasteiger partial charge on any atom is -0.475 e. The first-order valence-electron chi connectivity index (χ1n) is 4.64. The van der Waals surface area contributed by atoms with E-state index in [4.69, 9.17) is 15.2 Å². The molecular formula is C10H16N2O2. The molecule has 0 bridgehead atoms. The highest BCUT2D eigenvalue weighted by Gasteiger charge is 1.96. The summed E-state index contributed by atoms with van der Waals surface area (Å²) in [6, 6.07) is 3.41. The molecule has 0 aliphatic rings. The summed E-state index contributed by atoms with van der Waals surface area (Å²) in [6.07, 6.45) is 1.85. The fourth-order valence-electron chi connectivity index (χ4n) is 0.934. The van der Waals surface area contributed by atoms with Crippen molar-refractivity contribution < 1.29 is 9.47 Å². The molecule has 0 radical (unpaired) electrons. The van der Waals surface area contributed by atoms with Crippen LogP contribution in [0.3, 0.4) is 0 Å². The van der Waals surface area contributed by atoms with E-state index >= 15 is 0 Å². The molecule has 0 amide bonds. The van der Waals surface area contributed by atoms with E-state index in [1.807, 2.05) is 13.8 Å². The third-order valence-electron chi connectivity index (χ3n) is 1.54. The van der Waals surface area contributed by atoms with Crippen molar-refractivity contribution in [1.82, 2.24) is 4.98 Å². The van der Waals surface area contributed by atoms with Gasteiger partial charge in [-0.1, -0.05) is 0 Å². The van der Waals surface area contributed by atoms with Gasteiger partial charge in [0.15, 0.2) is 0 Å². The van der Waals surface area contributed by atoms with E-state index in [9.17, 15) is 0 Å². The van der Waals surface area contributed by atoms with Crippen molar-refractivity contribution in [3.05, 3.63) is 18.3 Å². The molecule has 1 aromatic heterocycles. The Labute approximate surface area is 84.0 Å². The molecule has 0 unspecified atom stereocenters. The van der Waals surface area contributed by atoms with Gasteiger partial charge in [0.1, 0.15) is 6.61 Å². The topological polar surface area (TPSA) is 57.4 Å². The van der Waals surface area contributed by atoms with Crippen molar-refractivity contribution in [3.8, 4) is 5.88 Å². The Balaban J connectivity index is 2.25. The van der Waals surface area contributed by atoms with Crippen molar-refractivity contribution in [2.24, 2.45) is 0 Å². The Morgan fingerprint density at radius 3 is 2.86 bits per heavy atom. The van der Waals surface area contributed by atoms with E-state index in [0.717, 1.165) is 0 Å². The predicted molar refractivity (Wildman–Crippen MR) is 55.2 cm³/mol. The van der Waals surface area contributed by atoms with Gasteiger partial charge in [-0.15, -0.1) is 0 Å². The zero-order chi connectivity index (χ0) is 10.4. The molecule has 4 heteroatoms. The van der Waals surface area contributed by atoms with Crippen LogP contribution in [-0.4, -0.2) is 24.3 Å². The third kappa shape index (κ3) is 4.09. The molecule has 1 rings (SSSR count). The van der Waals surface area contributed by atoms with Crippen LogP contribution in [-0.2, 0) is 4.74 Å². The molecular weight excluding hydrogens is 180 g/mol. The molecule has 0 fully saturated rings. The summed E-state index contributed by atoms with van der Waals surface area (Å²) in [4.78, 5) is 4.00. The van der Waals surface area contributed by atoms with Crippen molar-refractivity contribution in [3.63, 3.8) is 0 Å². The predicted octanol–water partition coefficient (Wildman–Crippen LogP) is 1.47. The summed E-state index contributed by atoms with van der Waals surface area (Å²) in [5, 5.41) is 0. The van der Waals surface area contributed by atoms with Gasteiger partial charge in [-0.05, 0) is 19.9 Å². The van der Waals surface area contributed by atoms with Crippen molar-refractivity contribution in [2.75, 3.05) is 18.9 Å². The highest BCUT2D eigenvalue weighted by Crippen LogP contribution is 2.09. The van der Waals surface area contributed by atoms with E-state index in [1.54, 1.807) is 18.3 Å². The van der Waals surface area contributed by atoms with Crippen LogP contribution in [0.2, 0.25) is 0 Å². The quantitative estimate of drug-likeness (QED) is 0.724. The minimum absolute atomic E-state index is 0.229. The summed E-state index contributed by atoms with van der Waals surface area (Å²) in [7, 11) is 0. The van der Waals surface area contributed by atoms with E-state index in [2.05, 4.69) is 4.98 Å². The number of hydrogen-bond acceptors (Lipinski definition) is 4. The number of aromatic nitrogens is 1. The van der Waals surface area contributed by atoms with Gasteiger partial charge in [0.05, 0.1) is 12.7 Å². The monoisotopic (exact) mass is 196 g/mol. The number of hydrogen-bond donors (Lipinski definition) is 1. The molecule has 14 heavy (non-hydrogen) atoms. The Kier molecular flexibility index (Phi) is 4.19. The Morgan fingerprint density at radius 1 is 1.43 bits per heavy atom. The average Bonchev–Trinajstić information content (AvgIpc) is 2.12. The highest BCUT2D eigenvalue weighted by molar-refractivity contribution is 5.39. The Hall–Kier alpha value is -1.29. The van der Waals surface area contributed by atoms with Crippen LogP contribution in [0.5, 0.6) is 5.88 Å². The second kappa shape index (κ2) is 5.44. The summed E-state index contributed by atoms with van der Waals surface area (Å²) < 4.78 is 10.6. The van der Waals surface area contributed by atoms with E-state index in [-0.39, 0.29) is 6.10 Å². The Morgan fingerprint density at radius 2 is 2.21 bits per heavy atom. The van der Waals surface area contributed by atoms with E-state index < -0.39 is 0 Å². The first-order valence-corrected chi connectivity index (χ1v) is 4.64. The summed E-state index contributed by atoms with van der Waals surface area (Å²) in [6.45, 7) is 5.03. The average molecular weight is 196 g/mol. The number of rotatable bonds is 5. The molecule has 0 saturated heterocycles. The summed E-state index contributed by atoms with van der Waals surface area (Å²) >= 11 is 0. The second-order valence-corrected chi connectivity index (χ2v) is 3.20. The zero-order valence-corrected chi connectivity index (χ0v) is 8.56. The van der Waals surface area contributed by atoms with Crippen LogP contribution in [0, 0.1) is 0 Å². The lowest BCUT2D eigenvalue weighted by Gasteiger charge is -2.08. The second-order valence-electron chi connectivity index (χ2n) is 3.20. The maximum absolute atomic E-state index is 5.56. The van der Waals surface area contributed by atoms with Gasteiger partial charge in [0, 0.05) is 18.0 Å². The molecule has 4 nitrogen and oxygen atoms in total. The minimum atomic E-state index is 0.229. The number of nitrogens with zero attached hydrogens (tertiary/aromatic N) is 1. The standard InChI is InChI=1S/C10H16N2O2/c1-8(2)13-5-6-14-10-7-9(11)3-4-12-10/h3-4,7-8H,5-6H2,1-2H3,(H2,11,12). The van der Waals surface area contributed by atoms with Gasteiger partial charge < -0.3 is 15.2 Å². The molecule has 0 aliphatic heterocycles. The fraction of sp³-hybridized carbons (Fsp3) is 0.500. The number of pyridine rings is 1. The normalized spacial score (nSPS) is 10.5. The molecule has 1 aromatic rings. The highest BCUT2D eigenvalue weighted by atomic mass is 16.5. The summed E-state index contributed by atoms with van der Waals surface area (Å²) in [5.74, 6) is 0.539. The maximum Gasteiger partial charge on any atom is 0.215 e. The van der Waals surface area contributed by atoms with Crippen LogP contribution >= 0.6 is 0 Å². The molecule has 2 N–H and O–H groups in total. The van der Waals surface area contributed by atoms with Gasteiger partial charge >= 0.3 is 0 Å². The lowest BCUT2D eigenvalue weighted by molar-refractivity contribution is 0.0543. The number of anilines is 1. The lowest BCUT2D eigenvalue weighted by Crippen LogP contribution is -2.11. The first kappa shape index (κ1) is 10.8. The van der Waals surface area contributed by atoms with E-state index in [1.165, 1.54) is 0 Å². The van der Waals surface area contributed by atoms with Crippen LogP contribution in [0.4, 0.5) is 5.69 Å². The van der Waals surface area contributed by atoms with Gasteiger partial charge in [-0.25, -0.2) is 4.98 Å². The first-order chi connectivity index (χ1) is 6.68. The molecule has 78 valence electrons. The number of nitrogen functional groups attached to an aromatic ring is 1. The molecule has 0 saturated carbocycles. The number of ether oxygens (including phenoxy) is 2. The molecule has 0 aromatic carbocycles. The molecule has 0 aliphatic carbocycles. The Bertz CT molecular complexity index is 277. The van der Waals surface area contributed by atoms with Crippen LogP contribution in [0.25, 0.3) is 0 Å². The fourth-order valence-corrected chi connectivity index (χ4v) is 0.934. The molecule has 0 atom stereocenters. The smallest absolute Gasteiger partial charge is 0.215 e. The van der Waals surface area contributed by atoms with Crippen molar-refractivity contribution in [2.45, 2.75) is 20.0 Å². The third-order valence-corrected chi connectivity index (χ3v) is 1.54. The largest absolute Gasteiger partial charge is 0.475 e. The van der Waals surface area contributed by atoms with Gasteiger partial charge in [-0.3, -0.25) is 0 Å². The summed E-state index contributed by atoms with van der Waals surface area (Å²) in [5.41, 5.74) is 6.21. The van der Waals surface area contributed by atoms with Gasteiger partial charge in [-0.2, -0.15) is 0 Å². The lowest BCUT2D eigenvalue weighted by atomic mass is 10.4. The van der Waals surface area contributed by atoms with Gasteiger partial charge in [0.25, 0.3) is 0 Å². The van der Waals surface area contributed by atoms with Crippen molar-refractivity contribution >= 4 is 5.69 Å². The molecule has 0 spiro atoms. The van der Waals surface area contributed by atoms with Gasteiger partial charge in [0.2, 0.25) is 5.88 Å². The van der Waals surface area contributed by atoms with Crippen molar-refractivity contribution in [1.29, 1.82) is 0 Å². The van der Waals surface area contributed by atoms with E-state index in [0.29, 0.717) is 24.8 Å². The SMILES string of the molecule is CC(C)OCCOc1cc(N)ccn1. The molecule has 1 heterocycles. The van der Waals surface area contributed by atoms with Crippen LogP contribution < -0.4 is 10.5 Å². The van der Waals surface area contributed by atoms with Crippen LogP contribution in [0.1, 0.15) is 13.8 Å². The zero-order valence-electron chi connectivity index (χ0n) is 8.56. The maximum atomic E-state index is 5.56.